The third-order valence-corrected chi connectivity index (χ3v) is 8.83. The largest absolute Gasteiger partial charge is 0.228 e. The summed E-state index contributed by atoms with van der Waals surface area (Å²) >= 11 is 0. The summed E-state index contributed by atoms with van der Waals surface area (Å²) in [6.07, 6.45) is 0. The fourth-order valence-corrected chi connectivity index (χ4v) is 6.79. The average molecular weight is 559 g/mol. The molecule has 0 radical (unpaired) electrons. The third-order valence-electron chi connectivity index (χ3n) is 8.83. The van der Waals surface area contributed by atoms with Gasteiger partial charge >= 0.3 is 0 Å². The second-order valence-corrected chi connectivity index (χ2v) is 11.4. The van der Waals surface area contributed by atoms with Gasteiger partial charge in [0.05, 0.1) is 11.4 Å². The van der Waals surface area contributed by atoms with E-state index in [9.17, 15) is 0 Å². The van der Waals surface area contributed by atoms with Crippen molar-refractivity contribution in [2.45, 2.75) is 0 Å². The van der Waals surface area contributed by atoms with Gasteiger partial charge in [0.25, 0.3) is 0 Å². The predicted molar refractivity (Wildman–Crippen MR) is 186 cm³/mol. The number of rotatable bonds is 3. The molecule has 8 aromatic carbocycles. The molecule has 44 heavy (non-hydrogen) atoms. The maximum Gasteiger partial charge on any atom is 0.161 e. The lowest BCUT2D eigenvalue weighted by Gasteiger charge is -2.16. The highest BCUT2D eigenvalue weighted by Crippen LogP contribution is 2.41. The molecule has 0 saturated carbocycles. The van der Waals surface area contributed by atoms with Gasteiger partial charge in [0, 0.05) is 16.7 Å². The minimum Gasteiger partial charge on any atom is -0.228 e. The zero-order valence-corrected chi connectivity index (χ0v) is 23.9. The highest BCUT2D eigenvalue weighted by atomic mass is 14.9. The molecule has 0 aliphatic rings. The van der Waals surface area contributed by atoms with E-state index in [4.69, 9.17) is 9.97 Å². The van der Waals surface area contributed by atoms with E-state index in [1.54, 1.807) is 0 Å². The quantitative estimate of drug-likeness (QED) is 0.159. The minimum atomic E-state index is 0.732. The number of fused-ring (bicyclic) bond motifs is 7. The SMILES string of the molecule is c1ccc(-c2cc(-c3cccc4ccc5ccccc5c34)nc(-c3c4ccccc4cc4c3ccc3ccccc34)n2)cc1. The first kappa shape index (κ1) is 24.7. The van der Waals surface area contributed by atoms with Gasteiger partial charge in [0.2, 0.25) is 0 Å². The van der Waals surface area contributed by atoms with Crippen molar-refractivity contribution < 1.29 is 0 Å². The Kier molecular flexibility index (Phi) is 5.54. The highest BCUT2D eigenvalue weighted by Gasteiger charge is 2.18. The molecule has 2 heteroatoms. The number of hydrogen-bond acceptors (Lipinski definition) is 2. The molecule has 0 bridgehead atoms. The summed E-state index contributed by atoms with van der Waals surface area (Å²) in [5.74, 6) is 0.732. The van der Waals surface area contributed by atoms with Crippen molar-refractivity contribution in [1.82, 2.24) is 9.97 Å². The summed E-state index contributed by atoms with van der Waals surface area (Å²) in [6.45, 7) is 0. The highest BCUT2D eigenvalue weighted by molar-refractivity contribution is 6.20. The Balaban J connectivity index is 1.42. The summed E-state index contributed by atoms with van der Waals surface area (Å²) in [5, 5.41) is 12.0. The van der Waals surface area contributed by atoms with Crippen LogP contribution in [0.1, 0.15) is 0 Å². The molecule has 0 unspecified atom stereocenters. The van der Waals surface area contributed by atoms with E-state index in [2.05, 4.69) is 152 Å². The second kappa shape index (κ2) is 9.86. The Morgan fingerprint density at radius 2 is 0.955 bits per heavy atom. The Morgan fingerprint density at radius 1 is 0.341 bits per heavy atom. The first-order valence-corrected chi connectivity index (χ1v) is 15.0. The lowest BCUT2D eigenvalue weighted by Crippen LogP contribution is -1.98. The van der Waals surface area contributed by atoms with E-state index in [1.807, 2.05) is 6.07 Å². The van der Waals surface area contributed by atoms with E-state index < -0.39 is 0 Å². The summed E-state index contributed by atoms with van der Waals surface area (Å²) in [5.41, 5.74) is 5.06. The van der Waals surface area contributed by atoms with Crippen LogP contribution in [0.15, 0.2) is 158 Å². The molecular formula is C42H26N2. The number of nitrogens with zero attached hydrogens (tertiary/aromatic N) is 2. The molecule has 0 fully saturated rings. The van der Waals surface area contributed by atoms with Crippen LogP contribution >= 0.6 is 0 Å². The molecule has 9 aromatic rings. The van der Waals surface area contributed by atoms with E-state index in [0.717, 1.165) is 44.7 Å². The minimum absolute atomic E-state index is 0.732. The van der Waals surface area contributed by atoms with Gasteiger partial charge in [0.1, 0.15) is 0 Å². The molecule has 0 aliphatic carbocycles. The van der Waals surface area contributed by atoms with Crippen molar-refractivity contribution in [3.8, 4) is 33.9 Å². The molecule has 0 saturated heterocycles. The fraction of sp³-hybridized carbons (Fsp3) is 0. The fourth-order valence-electron chi connectivity index (χ4n) is 6.79. The van der Waals surface area contributed by atoms with Gasteiger partial charge in [-0.25, -0.2) is 9.97 Å². The maximum absolute atomic E-state index is 5.43. The molecule has 2 nitrogen and oxygen atoms in total. The Labute approximate surface area is 254 Å². The molecular weight excluding hydrogens is 532 g/mol. The summed E-state index contributed by atoms with van der Waals surface area (Å²) in [6, 6.07) is 56.1. The van der Waals surface area contributed by atoms with Crippen molar-refractivity contribution in [2.24, 2.45) is 0 Å². The van der Waals surface area contributed by atoms with Crippen LogP contribution in [0, 0.1) is 0 Å². The molecule has 0 amide bonds. The third kappa shape index (κ3) is 3.89. The van der Waals surface area contributed by atoms with Gasteiger partial charge in [-0.1, -0.05) is 146 Å². The molecule has 0 aliphatic heterocycles. The van der Waals surface area contributed by atoms with Crippen molar-refractivity contribution in [3.05, 3.63) is 158 Å². The standard InChI is InChI=1S/C42H26N2/c1-2-13-29(14-3-1)38-26-39(36-20-10-16-30-22-21-28-12-5-8-18-33(28)40(30)36)44-42(43-38)41-34-19-9-6-15-31(34)25-37-32-17-7-4-11-27(32)23-24-35(37)41/h1-26H. The second-order valence-electron chi connectivity index (χ2n) is 11.4. The number of aromatic nitrogens is 2. The zero-order chi connectivity index (χ0) is 29.0. The molecule has 0 N–H and O–H groups in total. The molecule has 204 valence electrons. The first-order valence-electron chi connectivity index (χ1n) is 15.0. The van der Waals surface area contributed by atoms with Crippen molar-refractivity contribution in [3.63, 3.8) is 0 Å². The lowest BCUT2D eigenvalue weighted by molar-refractivity contribution is 1.19. The van der Waals surface area contributed by atoms with Crippen LogP contribution in [0.5, 0.6) is 0 Å². The van der Waals surface area contributed by atoms with Crippen LogP contribution in [0.25, 0.3) is 87.8 Å². The van der Waals surface area contributed by atoms with E-state index in [-0.39, 0.29) is 0 Å². The molecule has 0 spiro atoms. The number of hydrogen-bond donors (Lipinski definition) is 0. The van der Waals surface area contributed by atoms with Crippen LogP contribution in [-0.4, -0.2) is 9.97 Å². The van der Waals surface area contributed by atoms with Crippen LogP contribution in [0.4, 0.5) is 0 Å². The van der Waals surface area contributed by atoms with Gasteiger partial charge < -0.3 is 0 Å². The first-order chi connectivity index (χ1) is 21.8. The van der Waals surface area contributed by atoms with E-state index >= 15 is 0 Å². The predicted octanol–water partition coefficient (Wildman–Crippen LogP) is 11.2. The molecule has 9 rings (SSSR count). The monoisotopic (exact) mass is 558 g/mol. The summed E-state index contributed by atoms with van der Waals surface area (Å²) in [4.78, 5) is 10.7. The van der Waals surface area contributed by atoms with E-state index in [1.165, 1.54) is 43.1 Å². The zero-order valence-electron chi connectivity index (χ0n) is 23.9. The normalized spacial score (nSPS) is 11.6. The van der Waals surface area contributed by atoms with Gasteiger partial charge in [-0.05, 0) is 66.0 Å². The maximum atomic E-state index is 5.43. The van der Waals surface area contributed by atoms with Crippen LogP contribution in [-0.2, 0) is 0 Å². The Morgan fingerprint density at radius 3 is 1.80 bits per heavy atom. The van der Waals surface area contributed by atoms with Crippen molar-refractivity contribution in [1.29, 1.82) is 0 Å². The van der Waals surface area contributed by atoms with Gasteiger partial charge in [-0.15, -0.1) is 0 Å². The smallest absolute Gasteiger partial charge is 0.161 e. The van der Waals surface area contributed by atoms with Crippen LogP contribution in [0.3, 0.4) is 0 Å². The number of benzene rings is 8. The van der Waals surface area contributed by atoms with Gasteiger partial charge in [-0.2, -0.15) is 0 Å². The topological polar surface area (TPSA) is 25.8 Å². The molecule has 1 aromatic heterocycles. The lowest BCUT2D eigenvalue weighted by atomic mass is 9.92. The van der Waals surface area contributed by atoms with Crippen molar-refractivity contribution in [2.75, 3.05) is 0 Å². The summed E-state index contributed by atoms with van der Waals surface area (Å²) < 4.78 is 0. The van der Waals surface area contributed by atoms with Crippen LogP contribution in [0.2, 0.25) is 0 Å². The van der Waals surface area contributed by atoms with Crippen LogP contribution < -0.4 is 0 Å². The van der Waals surface area contributed by atoms with E-state index in [0.29, 0.717) is 0 Å². The Bertz CT molecular complexity index is 2550. The average Bonchev–Trinajstić information content (AvgIpc) is 3.10. The summed E-state index contributed by atoms with van der Waals surface area (Å²) in [7, 11) is 0. The van der Waals surface area contributed by atoms with Gasteiger partial charge in [0.15, 0.2) is 5.82 Å². The van der Waals surface area contributed by atoms with Crippen molar-refractivity contribution >= 4 is 53.9 Å². The molecule has 1 heterocycles. The molecule has 0 atom stereocenters. The van der Waals surface area contributed by atoms with Gasteiger partial charge in [-0.3, -0.25) is 0 Å². The Hall–Kier alpha value is -5.86.